The Morgan fingerprint density at radius 3 is 1.16 bits per heavy atom. The van der Waals surface area contributed by atoms with Crippen molar-refractivity contribution in [2.24, 2.45) is 0 Å². The maximum atomic E-state index is 5.62. The summed E-state index contributed by atoms with van der Waals surface area (Å²) < 4.78 is 22.8. The van der Waals surface area contributed by atoms with Crippen LogP contribution in [0.2, 0.25) is 0 Å². The van der Waals surface area contributed by atoms with Crippen molar-refractivity contribution in [1.82, 2.24) is 53.6 Å². The first-order valence-corrected chi connectivity index (χ1v) is 51.9. The first-order chi connectivity index (χ1) is 69.9. The van der Waals surface area contributed by atoms with Gasteiger partial charge in [-0.3, -0.25) is 23.7 Å². The van der Waals surface area contributed by atoms with Crippen LogP contribution in [0.25, 0.3) is 303 Å². The van der Waals surface area contributed by atoms with Gasteiger partial charge in [-0.05, 0) is 126 Å². The summed E-state index contributed by atoms with van der Waals surface area (Å²) in [5.41, 5.74) is 16.5. The zero-order chi connectivity index (χ0) is 91.9. The van der Waals surface area contributed by atoms with Gasteiger partial charge in [0.1, 0.15) is 5.82 Å². The van der Waals surface area contributed by atoms with E-state index in [9.17, 15) is 0 Å². The molecular weight excluding hydrogens is 1840 g/mol. The molecule has 33 aromatic rings. The number of rotatable bonds is 6. The molecule has 11 nitrogen and oxygen atoms in total. The van der Waals surface area contributed by atoms with Crippen LogP contribution in [0.15, 0.2) is 407 Å². The van der Waals surface area contributed by atoms with Gasteiger partial charge in [-0.1, -0.05) is 322 Å². The number of benzene rings is 18. The number of hydrogen-bond donors (Lipinski definition) is 0. The molecule has 654 valence electrons. The Balaban J connectivity index is 0.0000000976. The number of aromatic nitrogens is 11. The van der Waals surface area contributed by atoms with Gasteiger partial charge in [0, 0.05) is 125 Å². The SMILES string of the molecule is c1ccc(-c2ccc3ccc4ccc(-n5c6c7ccccc7ccc6c6sc7c8ccccc8sc7c65)nc4c3n2)nc1.c1ccc(-c2nc(-n3c4c5ccccc5ccc4c4sc5c(sc6ccc7ccccc7c65)c43)nc3c2ccc2ccccc23)cc1.c1ccc2c(c1)ccc1sc3c(sc4c5ccc6ccccc6c5n(-c5nc(-c6ccncc6)c6c7ccccc7c7ccccc7c6n5)c43)c12. The zero-order valence-corrected chi connectivity index (χ0v) is 79.5. The van der Waals surface area contributed by atoms with Gasteiger partial charge >= 0.3 is 0 Å². The molecule has 0 saturated carbocycles. The van der Waals surface area contributed by atoms with E-state index in [1.807, 2.05) is 111 Å². The number of thiophene rings is 6. The normalized spacial score (nSPS) is 12.3. The van der Waals surface area contributed by atoms with E-state index in [1.165, 1.54) is 181 Å². The summed E-state index contributed by atoms with van der Waals surface area (Å²) in [5, 5.41) is 31.3. The Kier molecular flexibility index (Phi) is 17.3. The number of fused-ring (bicyclic) bond motifs is 43. The third kappa shape index (κ3) is 11.8. The summed E-state index contributed by atoms with van der Waals surface area (Å²) in [7, 11) is 0. The fourth-order valence-electron chi connectivity index (χ4n) is 22.3. The lowest BCUT2D eigenvalue weighted by molar-refractivity contribution is 1.02. The predicted octanol–water partition coefficient (Wildman–Crippen LogP) is 35.6. The van der Waals surface area contributed by atoms with Crippen LogP contribution in [-0.2, 0) is 0 Å². The minimum Gasteiger partial charge on any atom is -0.291 e. The molecule has 15 heterocycles. The maximum absolute atomic E-state index is 5.62. The van der Waals surface area contributed by atoms with E-state index in [-0.39, 0.29) is 0 Å². The van der Waals surface area contributed by atoms with Gasteiger partial charge in [0.05, 0.1) is 120 Å². The lowest BCUT2D eigenvalue weighted by Gasteiger charge is -2.16. The summed E-state index contributed by atoms with van der Waals surface area (Å²) in [5.74, 6) is 2.28. The minimum atomic E-state index is 0.674. The highest BCUT2D eigenvalue weighted by Gasteiger charge is 2.31. The maximum Gasteiger partial charge on any atom is 0.235 e. The Hall–Kier alpha value is -17.0. The van der Waals surface area contributed by atoms with Crippen LogP contribution >= 0.6 is 68.0 Å². The standard InChI is InChI=1S/C45H24N4S2.C42H23N3S2.C37H20N4S2/c1-3-11-28-25(9-1)18-20-35-36(28)43-44(50-35)41-42(51-43)34-19-17-26-10-2-4-12-29(26)40(34)49(41)45-47-38(27-21-23-46-24-22-27)37-32-15-7-5-13-30(32)31-14-6-8-16-33(31)39(37)48-45;1-2-13-27(14-3-1)35-31-21-18-25-11-5-8-16-29(25)36(31)44-42(43-35)45-37-30-17-9-6-12-26(30)19-22-32(37)39-38(45)41-40(47-39)34-28-15-7-4-10-24(28)20-23-33(34)46-41;1-2-8-24-21(7-1)14-17-26-33(24)41(34-35(26)43-36-25-9-3-4-11-29(25)42-37(34)36)30-19-16-23-13-12-22-15-18-28(27-10-5-6-20-38-27)39-31(22)32(23)40-30/h1-24H;1-23H;1-20H. The summed E-state index contributed by atoms with van der Waals surface area (Å²) in [6.07, 6.45) is 5.52. The van der Waals surface area contributed by atoms with Crippen molar-refractivity contribution < 1.29 is 0 Å². The Morgan fingerprint density at radius 2 is 0.582 bits per heavy atom. The van der Waals surface area contributed by atoms with E-state index in [1.54, 1.807) is 0 Å². The molecule has 0 amide bonds. The van der Waals surface area contributed by atoms with Crippen LogP contribution in [0.4, 0.5) is 0 Å². The Labute approximate surface area is 824 Å². The molecule has 0 aliphatic heterocycles. The third-order valence-corrected chi connectivity index (χ3v) is 36.1. The highest BCUT2D eigenvalue weighted by molar-refractivity contribution is 7.38. The van der Waals surface area contributed by atoms with E-state index >= 15 is 0 Å². The predicted molar refractivity (Wildman–Crippen MR) is 603 cm³/mol. The molecule has 15 aromatic heterocycles. The van der Waals surface area contributed by atoms with Gasteiger partial charge < -0.3 is 0 Å². The van der Waals surface area contributed by atoms with Crippen molar-refractivity contribution in [3.05, 3.63) is 407 Å². The van der Waals surface area contributed by atoms with Gasteiger partial charge in [-0.25, -0.2) is 29.9 Å². The summed E-state index contributed by atoms with van der Waals surface area (Å²) in [6, 6.07) is 139. The second kappa shape index (κ2) is 30.7. The molecule has 0 aliphatic rings. The number of pyridine rings is 4. The van der Waals surface area contributed by atoms with Crippen LogP contribution in [0, 0.1) is 0 Å². The second-order valence-corrected chi connectivity index (χ2v) is 42.3. The topological polar surface area (TPSA) is 118 Å². The molecule has 141 heavy (non-hydrogen) atoms. The van der Waals surface area contributed by atoms with E-state index < -0.39 is 0 Å². The fraction of sp³-hybridized carbons (Fsp3) is 0. The van der Waals surface area contributed by atoms with Crippen molar-refractivity contribution in [3.63, 3.8) is 0 Å². The van der Waals surface area contributed by atoms with Crippen LogP contribution in [0.1, 0.15) is 0 Å². The van der Waals surface area contributed by atoms with Crippen LogP contribution in [0.3, 0.4) is 0 Å². The Morgan fingerprint density at radius 1 is 0.177 bits per heavy atom. The molecule has 0 N–H and O–H groups in total. The van der Waals surface area contributed by atoms with E-state index in [0.717, 1.165) is 111 Å². The number of nitrogens with zero attached hydrogens (tertiary/aromatic N) is 11. The second-order valence-electron chi connectivity index (χ2n) is 36.1. The van der Waals surface area contributed by atoms with Crippen molar-refractivity contribution in [2.75, 3.05) is 0 Å². The average molecular weight is 1900 g/mol. The summed E-state index contributed by atoms with van der Waals surface area (Å²) in [4.78, 5) is 41.6. The molecule has 33 rings (SSSR count). The zero-order valence-electron chi connectivity index (χ0n) is 74.6. The highest BCUT2D eigenvalue weighted by atomic mass is 32.1. The van der Waals surface area contributed by atoms with Gasteiger partial charge in [0.2, 0.25) is 11.9 Å². The van der Waals surface area contributed by atoms with Crippen LogP contribution in [0.5, 0.6) is 0 Å². The molecule has 0 fully saturated rings. The summed E-state index contributed by atoms with van der Waals surface area (Å²) in [6.45, 7) is 0. The molecule has 18 aromatic carbocycles. The molecule has 0 aliphatic carbocycles. The number of hydrogen-bond acceptors (Lipinski definition) is 14. The molecule has 0 radical (unpaired) electrons. The average Bonchev–Trinajstić information content (AvgIpc) is 1.56. The molecule has 0 atom stereocenters. The van der Waals surface area contributed by atoms with Crippen molar-refractivity contribution in [2.45, 2.75) is 0 Å². The molecule has 0 unspecified atom stereocenters. The first-order valence-electron chi connectivity index (χ1n) is 47.0. The van der Waals surface area contributed by atoms with Crippen molar-refractivity contribution >= 4 is 320 Å². The third-order valence-electron chi connectivity index (χ3n) is 28.5. The van der Waals surface area contributed by atoms with E-state index in [2.05, 4.69) is 388 Å². The lowest BCUT2D eigenvalue weighted by Crippen LogP contribution is -2.04. The van der Waals surface area contributed by atoms with Crippen molar-refractivity contribution in [3.8, 4) is 51.6 Å². The molecule has 17 heteroatoms. The van der Waals surface area contributed by atoms with Crippen LogP contribution in [-0.4, -0.2) is 53.6 Å². The minimum absolute atomic E-state index is 0.674. The van der Waals surface area contributed by atoms with Crippen LogP contribution < -0.4 is 0 Å². The van der Waals surface area contributed by atoms with Gasteiger partial charge in [-0.15, -0.1) is 68.0 Å². The van der Waals surface area contributed by atoms with E-state index in [0.29, 0.717) is 11.9 Å². The van der Waals surface area contributed by atoms with E-state index in [4.69, 9.17) is 29.9 Å². The monoisotopic (exact) mass is 1900 g/mol. The van der Waals surface area contributed by atoms with Gasteiger partial charge in [0.25, 0.3) is 0 Å². The quantitative estimate of drug-likeness (QED) is 0.151. The van der Waals surface area contributed by atoms with Gasteiger partial charge in [-0.2, -0.15) is 0 Å². The summed E-state index contributed by atoms with van der Waals surface area (Å²) >= 11 is 11.3. The van der Waals surface area contributed by atoms with Gasteiger partial charge in [0.15, 0.2) is 0 Å². The van der Waals surface area contributed by atoms with Crippen molar-refractivity contribution in [1.29, 1.82) is 0 Å². The molecule has 0 bridgehead atoms. The lowest BCUT2D eigenvalue weighted by atomic mass is 9.95. The fourth-order valence-corrected chi connectivity index (χ4v) is 30.7. The molecule has 0 saturated heterocycles. The Bertz CT molecular complexity index is 11200. The largest absolute Gasteiger partial charge is 0.291 e. The molecular formula is C124H67N11S6. The molecule has 0 spiro atoms. The smallest absolute Gasteiger partial charge is 0.235 e. The first kappa shape index (κ1) is 79.1. The highest BCUT2D eigenvalue weighted by Crippen LogP contribution is 2.56.